The number of nitrogens with one attached hydrogen (secondary N) is 1. The molecule has 0 unspecified atom stereocenters. The zero-order valence-corrected chi connectivity index (χ0v) is 32.5. The minimum atomic E-state index is 0.0523. The summed E-state index contributed by atoms with van der Waals surface area (Å²) < 4.78 is 13.8. The Kier molecular flexibility index (Phi) is 11.8. The number of ether oxygens (including phenoxy) is 2. The fourth-order valence-electron chi connectivity index (χ4n) is 7.49. The van der Waals surface area contributed by atoms with Gasteiger partial charge in [-0.3, -0.25) is 4.79 Å². The van der Waals surface area contributed by atoms with Crippen LogP contribution >= 0.6 is 11.6 Å². The van der Waals surface area contributed by atoms with Gasteiger partial charge in [-0.2, -0.15) is 4.57 Å². The van der Waals surface area contributed by atoms with E-state index in [1.807, 2.05) is 94.5 Å². The van der Waals surface area contributed by atoms with Gasteiger partial charge in [0.1, 0.15) is 18.1 Å². The number of nitrogens with zero attached hydrogens (tertiary/aromatic N) is 2. The van der Waals surface area contributed by atoms with E-state index in [4.69, 9.17) is 26.8 Å². The molecule has 0 aliphatic carbocycles. The zero-order valence-electron chi connectivity index (χ0n) is 31.8. The van der Waals surface area contributed by atoms with Crippen LogP contribution < -0.4 is 19.8 Å². The van der Waals surface area contributed by atoms with E-state index in [0.29, 0.717) is 31.3 Å². The van der Waals surface area contributed by atoms with Gasteiger partial charge in [-0.25, -0.2) is 0 Å². The normalized spacial score (nSPS) is 11.9. The monoisotopic (exact) mass is 751 g/mol. The molecule has 0 spiro atoms. The molecule has 7 rings (SSSR count). The number of fused-ring (bicyclic) bond motifs is 4. The first-order valence-corrected chi connectivity index (χ1v) is 19.4. The summed E-state index contributed by atoms with van der Waals surface area (Å²) in [4.78, 5) is 19.5. The average Bonchev–Trinajstić information content (AvgIpc) is 3.61. The number of nitrogens with two attached hydrogens (primary N) is 1. The minimum Gasteiger partial charge on any atom is -0.497 e. The molecule has 0 bridgehead atoms. The summed E-state index contributed by atoms with van der Waals surface area (Å²) in [5.41, 5.74) is 14.3. The molecule has 2 aromatic heterocycles. The van der Waals surface area contributed by atoms with Gasteiger partial charge in [0.05, 0.1) is 24.2 Å². The molecule has 0 saturated carbocycles. The maximum absolute atomic E-state index is 13.9. The standard InChI is InChI=1S/C47H47ClN4O3/c1-32-41-30-51(26-23-39(41)33(2)47-44(32)40-29-38(54-3)21-22-42(40)50-47)31-43(53)52(25-12-6-11-24-49)27-28-55-37-19-17-35(18-20-37)45(34-13-7-4-8-14-34)46(48)36-15-9-5-10-16-36/h4-5,7-10,13-23,26,29-30H,6,11-12,24-25,27-28,31,49H2,1-3H3/p+1/b46-45+. The fraction of sp³-hybridized carbons (Fsp3) is 0.234. The van der Waals surface area contributed by atoms with Gasteiger partial charge in [-0.15, -0.1) is 0 Å². The van der Waals surface area contributed by atoms with Crippen LogP contribution in [-0.2, 0) is 11.3 Å². The van der Waals surface area contributed by atoms with Crippen molar-refractivity contribution in [1.82, 2.24) is 9.88 Å². The number of benzene rings is 5. The van der Waals surface area contributed by atoms with Crippen molar-refractivity contribution in [3.05, 3.63) is 149 Å². The Morgan fingerprint density at radius 3 is 2.16 bits per heavy atom. The number of H-pyrrole nitrogens is 1. The highest BCUT2D eigenvalue weighted by atomic mass is 35.5. The number of aromatic nitrogens is 2. The van der Waals surface area contributed by atoms with Crippen LogP contribution in [0.1, 0.15) is 47.1 Å². The highest BCUT2D eigenvalue weighted by Gasteiger charge is 2.21. The van der Waals surface area contributed by atoms with E-state index < -0.39 is 0 Å². The lowest BCUT2D eigenvalue weighted by Gasteiger charge is -2.22. The van der Waals surface area contributed by atoms with Gasteiger partial charge < -0.3 is 25.1 Å². The predicted octanol–water partition coefficient (Wildman–Crippen LogP) is 9.58. The van der Waals surface area contributed by atoms with E-state index in [-0.39, 0.29) is 12.5 Å². The first-order valence-electron chi connectivity index (χ1n) is 19.0. The summed E-state index contributed by atoms with van der Waals surface area (Å²) in [5.74, 6) is 1.61. The van der Waals surface area contributed by atoms with Crippen LogP contribution in [0.25, 0.3) is 43.2 Å². The van der Waals surface area contributed by atoms with Crippen LogP contribution in [0.5, 0.6) is 11.5 Å². The van der Waals surface area contributed by atoms with E-state index in [9.17, 15) is 4.79 Å². The Labute approximate surface area is 327 Å². The van der Waals surface area contributed by atoms with Gasteiger partial charge in [-0.05, 0) is 96.8 Å². The quantitative estimate of drug-likeness (QED) is 0.0621. The van der Waals surface area contributed by atoms with Crippen molar-refractivity contribution in [2.75, 3.05) is 33.4 Å². The number of amides is 1. The molecule has 0 saturated heterocycles. The Morgan fingerprint density at radius 1 is 0.764 bits per heavy atom. The molecule has 8 heteroatoms. The van der Waals surface area contributed by atoms with Crippen LogP contribution in [0, 0.1) is 13.8 Å². The molecule has 7 aromatic rings. The lowest BCUT2D eigenvalue weighted by Crippen LogP contribution is -2.46. The maximum Gasteiger partial charge on any atom is 0.288 e. The third kappa shape index (κ3) is 8.24. The number of aromatic amines is 1. The SMILES string of the molecule is COc1ccc2[nH]c3c(C)c4cc[n+](CC(=O)N(CCCCCN)CCOc5ccc(/C(=C(/Cl)c6ccccc6)c6ccccc6)cc5)cc4c(C)c3c2c1. The lowest BCUT2D eigenvalue weighted by atomic mass is 9.95. The van der Waals surface area contributed by atoms with Crippen LogP contribution in [0.2, 0.25) is 0 Å². The second-order valence-corrected chi connectivity index (χ2v) is 14.4. The Balaban J connectivity index is 1.08. The van der Waals surface area contributed by atoms with E-state index in [1.54, 1.807) is 7.11 Å². The topological polar surface area (TPSA) is 84.5 Å². The molecule has 0 fully saturated rings. The number of unbranched alkanes of at least 4 members (excludes halogenated alkanes) is 2. The molecule has 55 heavy (non-hydrogen) atoms. The van der Waals surface area contributed by atoms with Crippen molar-refractivity contribution >= 4 is 60.7 Å². The number of carbonyl (C=O) groups is 1. The van der Waals surface area contributed by atoms with Crippen molar-refractivity contribution < 1.29 is 18.8 Å². The minimum absolute atomic E-state index is 0.0523. The van der Waals surface area contributed by atoms with Crippen molar-refractivity contribution in [3.8, 4) is 11.5 Å². The molecule has 5 aromatic carbocycles. The highest BCUT2D eigenvalue weighted by molar-refractivity contribution is 6.53. The van der Waals surface area contributed by atoms with Gasteiger partial charge in [-0.1, -0.05) is 90.8 Å². The summed E-state index contributed by atoms with van der Waals surface area (Å²) >= 11 is 7.04. The Morgan fingerprint density at radius 2 is 1.45 bits per heavy atom. The summed E-state index contributed by atoms with van der Waals surface area (Å²) in [6.07, 6.45) is 6.91. The van der Waals surface area contributed by atoms with Crippen molar-refractivity contribution in [2.24, 2.45) is 5.73 Å². The summed E-state index contributed by atoms with van der Waals surface area (Å²) in [6, 6.07) is 36.5. The number of hydrogen-bond donors (Lipinski definition) is 2. The number of pyridine rings is 1. The number of halogens is 1. The lowest BCUT2D eigenvalue weighted by molar-refractivity contribution is -0.683. The zero-order chi connectivity index (χ0) is 38.3. The van der Waals surface area contributed by atoms with Crippen LogP contribution in [0.3, 0.4) is 0 Å². The van der Waals surface area contributed by atoms with Crippen molar-refractivity contribution in [2.45, 2.75) is 39.7 Å². The van der Waals surface area contributed by atoms with Crippen molar-refractivity contribution in [3.63, 3.8) is 0 Å². The summed E-state index contributed by atoms with van der Waals surface area (Å²) in [7, 11) is 1.69. The van der Waals surface area contributed by atoms with Crippen LogP contribution in [0.15, 0.2) is 122 Å². The third-order valence-electron chi connectivity index (χ3n) is 10.5. The van der Waals surface area contributed by atoms with Gasteiger partial charge in [0.25, 0.3) is 5.91 Å². The van der Waals surface area contributed by atoms with E-state index in [2.05, 4.69) is 55.4 Å². The molecule has 7 nitrogen and oxygen atoms in total. The maximum atomic E-state index is 13.9. The molecule has 3 N–H and O–H groups in total. The molecular weight excluding hydrogens is 704 g/mol. The first kappa shape index (κ1) is 37.7. The average molecular weight is 752 g/mol. The second kappa shape index (κ2) is 17.2. The summed E-state index contributed by atoms with van der Waals surface area (Å²) in [6.45, 7) is 6.69. The van der Waals surface area contributed by atoms with Crippen LogP contribution in [0.4, 0.5) is 0 Å². The van der Waals surface area contributed by atoms with Crippen LogP contribution in [-0.4, -0.2) is 49.1 Å². The number of aryl methyl sites for hydroxylation is 2. The smallest absolute Gasteiger partial charge is 0.288 e. The first-order chi connectivity index (χ1) is 26.9. The van der Waals surface area contributed by atoms with E-state index in [0.717, 1.165) is 74.8 Å². The molecule has 0 aliphatic rings. The number of hydrogen-bond acceptors (Lipinski definition) is 4. The summed E-state index contributed by atoms with van der Waals surface area (Å²) in [5, 5.41) is 5.29. The number of carbonyl (C=O) groups excluding carboxylic acids is 1. The van der Waals surface area contributed by atoms with E-state index in [1.165, 1.54) is 21.9 Å². The second-order valence-electron chi connectivity index (χ2n) is 14.0. The largest absolute Gasteiger partial charge is 0.497 e. The molecule has 1 amide bonds. The Hall–Kier alpha value is -5.63. The molecule has 0 atom stereocenters. The fourth-order valence-corrected chi connectivity index (χ4v) is 7.83. The number of rotatable bonds is 15. The molecule has 280 valence electrons. The third-order valence-corrected chi connectivity index (χ3v) is 10.9. The predicted molar refractivity (Wildman–Crippen MR) is 226 cm³/mol. The van der Waals surface area contributed by atoms with Gasteiger partial charge >= 0.3 is 0 Å². The van der Waals surface area contributed by atoms with Crippen molar-refractivity contribution in [1.29, 1.82) is 0 Å². The molecule has 0 aliphatic heterocycles. The Bertz CT molecular complexity index is 2460. The van der Waals surface area contributed by atoms with Gasteiger partial charge in [0.15, 0.2) is 12.4 Å². The van der Waals surface area contributed by atoms with E-state index >= 15 is 0 Å². The molecule has 0 radical (unpaired) electrons. The molecular formula is C47H48ClN4O3+. The number of methoxy groups -OCH3 is 1. The van der Waals surface area contributed by atoms with Gasteiger partial charge in [0.2, 0.25) is 6.54 Å². The molecule has 2 heterocycles. The highest BCUT2D eigenvalue weighted by Crippen LogP contribution is 2.38. The van der Waals surface area contributed by atoms with Gasteiger partial charge in [0, 0.05) is 39.9 Å².